The van der Waals surface area contributed by atoms with Crippen LogP contribution in [0.4, 0.5) is 11.4 Å². The van der Waals surface area contributed by atoms with Crippen molar-refractivity contribution in [3.8, 4) is 6.19 Å². The number of rotatable bonds is 3. The molecule has 1 heterocycles. The van der Waals surface area contributed by atoms with Crippen molar-refractivity contribution in [2.45, 2.75) is 6.92 Å². The number of piperazine rings is 1. The van der Waals surface area contributed by atoms with Crippen molar-refractivity contribution in [1.29, 1.82) is 5.26 Å². The summed E-state index contributed by atoms with van der Waals surface area (Å²) in [4.78, 5) is 9.12. The number of thioether (sulfide) groups is 1. The quantitative estimate of drug-likeness (QED) is 0.398. The van der Waals surface area contributed by atoms with Crippen LogP contribution in [0, 0.1) is 11.5 Å². The first-order chi connectivity index (χ1) is 10.7. The van der Waals surface area contributed by atoms with Gasteiger partial charge in [0, 0.05) is 26.2 Å². The van der Waals surface area contributed by atoms with Crippen molar-refractivity contribution in [1.82, 2.24) is 10.2 Å². The normalized spacial score (nSPS) is 16.5. The summed E-state index contributed by atoms with van der Waals surface area (Å²) in [5, 5.41) is 12.5. The molecule has 1 N–H and O–H groups in total. The number of nitrogens with zero attached hydrogens (tertiary/aromatic N) is 4. The minimum Gasteiger partial charge on any atom is -0.368 e. The van der Waals surface area contributed by atoms with E-state index in [4.69, 9.17) is 16.9 Å². The summed E-state index contributed by atoms with van der Waals surface area (Å²) < 4.78 is 0. The molecule has 0 spiro atoms. The summed E-state index contributed by atoms with van der Waals surface area (Å²) in [5.41, 5.74) is 1.79. The second-order valence-electron chi connectivity index (χ2n) is 4.91. The van der Waals surface area contributed by atoms with E-state index < -0.39 is 0 Å². The topological polar surface area (TPSA) is 54.7 Å². The van der Waals surface area contributed by atoms with Gasteiger partial charge >= 0.3 is 0 Å². The first kappa shape index (κ1) is 16.9. The molecular weight excluding hydrogens is 318 g/mol. The molecule has 0 aliphatic carbocycles. The van der Waals surface area contributed by atoms with Crippen LogP contribution in [0.1, 0.15) is 6.92 Å². The highest BCUT2D eigenvalue weighted by molar-refractivity contribution is 8.13. The molecule has 1 aliphatic rings. The summed E-state index contributed by atoms with van der Waals surface area (Å²) in [6.45, 7) is 7.39. The minimum absolute atomic E-state index is 0.558. The molecule has 0 aromatic heterocycles. The van der Waals surface area contributed by atoms with Crippen LogP contribution in [-0.4, -0.2) is 49.0 Å². The fraction of sp³-hybridized carbons (Fsp3) is 0.467. The molecule has 0 radical (unpaired) electrons. The molecule has 1 fully saturated rings. The van der Waals surface area contributed by atoms with E-state index in [1.165, 1.54) is 11.8 Å². The number of hydrogen-bond acceptors (Lipinski definition) is 5. The highest BCUT2D eigenvalue weighted by Gasteiger charge is 2.17. The van der Waals surface area contributed by atoms with Crippen LogP contribution in [0.5, 0.6) is 0 Å². The number of halogens is 1. The highest BCUT2D eigenvalue weighted by atomic mass is 35.5. The van der Waals surface area contributed by atoms with Crippen LogP contribution in [0.2, 0.25) is 5.02 Å². The van der Waals surface area contributed by atoms with Gasteiger partial charge in [-0.3, -0.25) is 5.32 Å². The van der Waals surface area contributed by atoms with E-state index in [-0.39, 0.29) is 0 Å². The van der Waals surface area contributed by atoms with Crippen molar-refractivity contribution in [3.63, 3.8) is 0 Å². The zero-order chi connectivity index (χ0) is 15.9. The van der Waals surface area contributed by atoms with E-state index >= 15 is 0 Å². The van der Waals surface area contributed by atoms with Gasteiger partial charge in [-0.2, -0.15) is 5.26 Å². The van der Waals surface area contributed by atoms with Crippen molar-refractivity contribution in [2.24, 2.45) is 4.99 Å². The van der Waals surface area contributed by atoms with Crippen molar-refractivity contribution >= 4 is 39.9 Å². The maximum absolute atomic E-state index is 8.66. The smallest absolute Gasteiger partial charge is 0.183 e. The molecule has 118 valence electrons. The lowest BCUT2D eigenvalue weighted by Gasteiger charge is -2.35. The lowest BCUT2D eigenvalue weighted by atomic mass is 10.2. The predicted octanol–water partition coefficient (Wildman–Crippen LogP) is 2.90. The summed E-state index contributed by atoms with van der Waals surface area (Å²) in [6.07, 6.45) is 3.75. The van der Waals surface area contributed by atoms with Crippen molar-refractivity contribution < 1.29 is 0 Å². The van der Waals surface area contributed by atoms with Gasteiger partial charge in [0.05, 0.1) is 16.4 Å². The van der Waals surface area contributed by atoms with Crippen LogP contribution >= 0.6 is 23.4 Å². The molecule has 1 aliphatic heterocycles. The van der Waals surface area contributed by atoms with Crippen LogP contribution < -0.4 is 10.2 Å². The zero-order valence-corrected chi connectivity index (χ0v) is 14.4. The number of benzene rings is 1. The Balaban J connectivity index is 2.12. The molecule has 7 heteroatoms. The number of hydrogen-bond donors (Lipinski definition) is 1. The van der Waals surface area contributed by atoms with Crippen molar-refractivity contribution in [2.75, 3.05) is 43.9 Å². The van der Waals surface area contributed by atoms with Gasteiger partial charge < -0.3 is 9.80 Å². The molecule has 0 amide bonds. The molecule has 1 saturated heterocycles. The maximum Gasteiger partial charge on any atom is 0.183 e. The Hall–Kier alpha value is -1.42. The number of nitriles is 1. The Morgan fingerprint density at radius 1 is 1.41 bits per heavy atom. The summed E-state index contributed by atoms with van der Waals surface area (Å²) in [5.74, 6) is 0. The standard InChI is InChI=1S/C15H20ClN5S/c1-3-20-6-8-21(9-7-20)14-5-4-12(10-13(14)16)19-15(22-2)18-11-17/h4-5,10H,3,6-9H2,1-2H3,(H,18,19). The average molecular weight is 338 g/mol. The largest absolute Gasteiger partial charge is 0.368 e. The third-order valence-corrected chi connectivity index (χ3v) is 4.56. The summed E-state index contributed by atoms with van der Waals surface area (Å²) in [7, 11) is 0. The predicted molar refractivity (Wildman–Crippen MR) is 95.1 cm³/mol. The molecule has 5 nitrogen and oxygen atoms in total. The highest BCUT2D eigenvalue weighted by Crippen LogP contribution is 2.31. The van der Waals surface area contributed by atoms with Gasteiger partial charge in [0.15, 0.2) is 11.4 Å². The Morgan fingerprint density at radius 3 is 2.68 bits per heavy atom. The Labute approximate surface area is 140 Å². The van der Waals surface area contributed by atoms with Crippen LogP contribution in [-0.2, 0) is 0 Å². The first-order valence-electron chi connectivity index (χ1n) is 7.22. The molecule has 1 aromatic rings. The minimum atomic E-state index is 0.558. The Bertz CT molecular complexity index is 576. The monoisotopic (exact) mass is 337 g/mol. The van der Waals surface area contributed by atoms with E-state index in [0.29, 0.717) is 10.2 Å². The van der Waals surface area contributed by atoms with Gasteiger partial charge in [0.2, 0.25) is 0 Å². The number of aliphatic imine (C=N–C) groups is 1. The van der Waals surface area contributed by atoms with Gasteiger partial charge in [0.1, 0.15) is 0 Å². The Morgan fingerprint density at radius 2 is 2.14 bits per heavy atom. The molecule has 0 saturated carbocycles. The molecule has 1 aromatic carbocycles. The Kier molecular flexibility index (Phi) is 6.37. The molecule has 0 unspecified atom stereocenters. The van der Waals surface area contributed by atoms with E-state index in [1.807, 2.05) is 30.6 Å². The zero-order valence-electron chi connectivity index (χ0n) is 12.8. The van der Waals surface area contributed by atoms with Crippen LogP contribution in [0.25, 0.3) is 0 Å². The van der Waals surface area contributed by atoms with Crippen LogP contribution in [0.3, 0.4) is 0 Å². The molecule has 0 bridgehead atoms. The van der Waals surface area contributed by atoms with E-state index in [2.05, 4.69) is 27.0 Å². The second kappa shape index (κ2) is 8.28. The summed E-state index contributed by atoms with van der Waals surface area (Å²) >= 11 is 7.81. The lowest BCUT2D eigenvalue weighted by molar-refractivity contribution is 0.271. The summed E-state index contributed by atoms with van der Waals surface area (Å²) in [6, 6.07) is 5.79. The fourth-order valence-electron chi connectivity index (χ4n) is 2.42. The molecule has 22 heavy (non-hydrogen) atoms. The van der Waals surface area contributed by atoms with Gasteiger partial charge in [0.25, 0.3) is 0 Å². The average Bonchev–Trinajstić information content (AvgIpc) is 2.55. The molecular formula is C15H20ClN5S. The van der Waals surface area contributed by atoms with Gasteiger partial charge in [-0.1, -0.05) is 30.3 Å². The number of amidine groups is 1. The van der Waals surface area contributed by atoms with E-state index in [9.17, 15) is 0 Å². The van der Waals surface area contributed by atoms with Crippen LogP contribution in [0.15, 0.2) is 23.2 Å². The van der Waals surface area contributed by atoms with E-state index in [0.717, 1.165) is 44.1 Å². The van der Waals surface area contributed by atoms with Gasteiger partial charge in [-0.25, -0.2) is 4.99 Å². The lowest BCUT2D eigenvalue weighted by Crippen LogP contribution is -2.46. The second-order valence-corrected chi connectivity index (χ2v) is 6.12. The number of nitrogens with one attached hydrogen (secondary N) is 1. The van der Waals surface area contributed by atoms with E-state index in [1.54, 1.807) is 0 Å². The third kappa shape index (κ3) is 4.29. The first-order valence-corrected chi connectivity index (χ1v) is 8.82. The SMILES string of the molecule is CCN1CCN(c2ccc(N=C(NC#N)SC)cc2Cl)CC1. The maximum atomic E-state index is 8.66. The van der Waals surface area contributed by atoms with Crippen molar-refractivity contribution in [3.05, 3.63) is 23.2 Å². The van der Waals surface area contributed by atoms with Gasteiger partial charge in [-0.05, 0) is 31.0 Å². The third-order valence-electron chi connectivity index (χ3n) is 3.68. The van der Waals surface area contributed by atoms with Gasteiger partial charge in [-0.15, -0.1) is 0 Å². The molecule has 0 atom stereocenters. The molecule has 2 rings (SSSR count). The number of likely N-dealkylation sites (N-methyl/N-ethyl adjacent to an activating group) is 1. The fourth-order valence-corrected chi connectivity index (χ4v) is 3.06. The number of anilines is 1.